The zero-order chi connectivity index (χ0) is 30.7. The van der Waals surface area contributed by atoms with E-state index in [-0.39, 0.29) is 11.8 Å². The van der Waals surface area contributed by atoms with Gasteiger partial charge in [-0.05, 0) is 65.6 Å². The Kier molecular flexibility index (Phi) is 5.97. The zero-order valence-electron chi connectivity index (χ0n) is 24.4. The van der Waals surface area contributed by atoms with Gasteiger partial charge in [0.05, 0.1) is 40.1 Å². The third kappa shape index (κ3) is 4.08. The number of para-hydroxylation sites is 1. The molecule has 0 N–H and O–H groups in total. The van der Waals surface area contributed by atoms with E-state index < -0.39 is 0 Å². The molecule has 0 aliphatic carbocycles. The number of hydrogen-bond donors (Lipinski definition) is 0. The number of nitrogens with zero attached hydrogens (tertiary/aromatic N) is 3. The van der Waals surface area contributed by atoms with Crippen LogP contribution in [-0.2, 0) is 0 Å². The van der Waals surface area contributed by atoms with Crippen molar-refractivity contribution in [3.8, 4) is 27.9 Å². The Morgan fingerprint density at radius 2 is 1.29 bits per heavy atom. The smallest absolute Gasteiger partial charge is 0.268 e. The third-order valence-electron chi connectivity index (χ3n) is 8.69. The molecule has 1 aliphatic heterocycles. The highest BCUT2D eigenvalue weighted by atomic mass is 16.2. The topological polar surface area (TPSA) is 46.7 Å². The van der Waals surface area contributed by atoms with Crippen molar-refractivity contribution in [2.45, 2.75) is 6.92 Å². The lowest BCUT2D eigenvalue weighted by molar-refractivity contribution is 0.0926. The fraction of sp³-hybridized carbons (Fsp3) is 0.0250. The highest BCUT2D eigenvalue weighted by molar-refractivity contribution is 6.35. The van der Waals surface area contributed by atoms with E-state index in [0.29, 0.717) is 28.2 Å². The minimum atomic E-state index is -0.342. The van der Waals surface area contributed by atoms with Gasteiger partial charge in [0.2, 0.25) is 0 Å². The highest BCUT2D eigenvalue weighted by Gasteiger charge is 2.39. The van der Waals surface area contributed by atoms with Crippen LogP contribution >= 0.6 is 0 Å². The molecule has 0 spiro atoms. The molecule has 0 saturated carbocycles. The lowest BCUT2D eigenvalue weighted by Crippen LogP contribution is -2.29. The van der Waals surface area contributed by atoms with Crippen LogP contribution < -0.4 is 4.90 Å². The second-order valence-electron chi connectivity index (χ2n) is 11.3. The van der Waals surface area contributed by atoms with Crippen molar-refractivity contribution in [3.05, 3.63) is 162 Å². The first-order valence-corrected chi connectivity index (χ1v) is 14.7. The van der Waals surface area contributed by atoms with Gasteiger partial charge in [-0.25, -0.2) is 9.74 Å². The van der Waals surface area contributed by atoms with Crippen LogP contribution in [0, 0.1) is 13.5 Å². The van der Waals surface area contributed by atoms with Crippen LogP contribution in [0.1, 0.15) is 26.3 Å². The summed E-state index contributed by atoms with van der Waals surface area (Å²) in [5, 5.41) is 2.11. The fourth-order valence-electron chi connectivity index (χ4n) is 6.56. The molecular formula is C40H25N3O2. The zero-order valence-corrected chi connectivity index (χ0v) is 24.4. The second-order valence-corrected chi connectivity index (χ2v) is 11.3. The van der Waals surface area contributed by atoms with E-state index in [1.54, 1.807) is 6.07 Å². The SMILES string of the molecule is [C-]#[N+]c1ccc(-c2ccc3c4ccccc4n(-c4cccc5c4C(=O)N(c4ccc(-c6ccccc6)cc4)C5=O)c3c2)c(C)c1. The maximum Gasteiger partial charge on any atom is 0.268 e. The summed E-state index contributed by atoms with van der Waals surface area (Å²) >= 11 is 0. The van der Waals surface area contributed by atoms with Crippen molar-refractivity contribution in [3.63, 3.8) is 0 Å². The highest BCUT2D eigenvalue weighted by Crippen LogP contribution is 2.39. The summed E-state index contributed by atoms with van der Waals surface area (Å²) in [6, 6.07) is 43.3. The van der Waals surface area contributed by atoms with Crippen LogP contribution in [0.3, 0.4) is 0 Å². The Hall–Kier alpha value is -6.25. The molecule has 212 valence electrons. The molecule has 6 aromatic carbocycles. The van der Waals surface area contributed by atoms with Crippen LogP contribution in [0.15, 0.2) is 133 Å². The quantitative estimate of drug-likeness (QED) is 0.154. The molecule has 45 heavy (non-hydrogen) atoms. The van der Waals surface area contributed by atoms with Crippen molar-refractivity contribution in [1.29, 1.82) is 0 Å². The summed E-state index contributed by atoms with van der Waals surface area (Å²) < 4.78 is 2.10. The van der Waals surface area contributed by atoms with Gasteiger partial charge in [-0.15, -0.1) is 0 Å². The number of imide groups is 1. The van der Waals surface area contributed by atoms with Crippen LogP contribution in [0.5, 0.6) is 0 Å². The van der Waals surface area contributed by atoms with Crippen LogP contribution in [0.4, 0.5) is 11.4 Å². The van der Waals surface area contributed by atoms with E-state index >= 15 is 0 Å². The molecule has 0 fully saturated rings. The summed E-state index contributed by atoms with van der Waals surface area (Å²) in [4.78, 5) is 32.9. The maximum absolute atomic E-state index is 14.2. The third-order valence-corrected chi connectivity index (χ3v) is 8.69. The summed E-state index contributed by atoms with van der Waals surface area (Å²) in [6.07, 6.45) is 0. The molecular weight excluding hydrogens is 554 g/mol. The Bertz CT molecular complexity index is 2380. The number of aryl methyl sites for hydroxylation is 1. The normalized spacial score (nSPS) is 12.6. The van der Waals surface area contributed by atoms with E-state index in [2.05, 4.69) is 33.7 Å². The van der Waals surface area contributed by atoms with Crippen molar-refractivity contribution < 1.29 is 9.59 Å². The van der Waals surface area contributed by atoms with Crippen LogP contribution in [0.25, 0.3) is 54.6 Å². The number of benzene rings is 6. The summed E-state index contributed by atoms with van der Waals surface area (Å²) in [7, 11) is 0. The minimum Gasteiger partial charge on any atom is -0.308 e. The van der Waals surface area contributed by atoms with Gasteiger partial charge >= 0.3 is 0 Å². The monoisotopic (exact) mass is 579 g/mol. The molecule has 1 aromatic heterocycles. The number of hydrogen-bond acceptors (Lipinski definition) is 2. The molecule has 5 heteroatoms. The average molecular weight is 580 g/mol. The number of amides is 2. The molecule has 5 nitrogen and oxygen atoms in total. The number of carbonyl (C=O) groups excluding carboxylic acids is 2. The second kappa shape index (κ2) is 10.2. The Morgan fingerprint density at radius 3 is 2.07 bits per heavy atom. The predicted molar refractivity (Wildman–Crippen MR) is 180 cm³/mol. The molecule has 0 bridgehead atoms. The summed E-state index contributed by atoms with van der Waals surface area (Å²) in [5.41, 5.74) is 9.60. The number of fused-ring (bicyclic) bond motifs is 4. The molecule has 2 heterocycles. The van der Waals surface area contributed by atoms with Gasteiger partial charge in [0.1, 0.15) is 0 Å². The molecule has 1 aliphatic rings. The molecule has 0 atom stereocenters. The summed E-state index contributed by atoms with van der Waals surface area (Å²) in [5.74, 6) is -0.674. The Morgan fingerprint density at radius 1 is 0.578 bits per heavy atom. The van der Waals surface area contributed by atoms with Crippen LogP contribution in [0.2, 0.25) is 0 Å². The molecule has 8 rings (SSSR count). The van der Waals surface area contributed by atoms with Gasteiger partial charge in [-0.3, -0.25) is 9.59 Å². The van der Waals surface area contributed by atoms with E-state index in [1.165, 1.54) is 4.90 Å². The molecule has 0 radical (unpaired) electrons. The predicted octanol–water partition coefficient (Wildman–Crippen LogP) is 9.78. The number of anilines is 1. The Balaban J connectivity index is 1.29. The minimum absolute atomic E-state index is 0.332. The fourth-order valence-corrected chi connectivity index (χ4v) is 6.56. The molecule has 0 saturated heterocycles. The van der Waals surface area contributed by atoms with Gasteiger partial charge in [-0.1, -0.05) is 103 Å². The van der Waals surface area contributed by atoms with Gasteiger partial charge < -0.3 is 4.57 Å². The van der Waals surface area contributed by atoms with E-state index in [0.717, 1.165) is 49.6 Å². The number of rotatable bonds is 4. The van der Waals surface area contributed by atoms with E-state index in [4.69, 9.17) is 6.57 Å². The average Bonchev–Trinajstić information content (AvgIpc) is 3.55. The van der Waals surface area contributed by atoms with Gasteiger partial charge in [0.25, 0.3) is 11.8 Å². The maximum atomic E-state index is 14.2. The standard InChI is InChI=1S/C40H25N3O2/c1-25-23-29(41-2)18-22-31(25)28-17-21-33-32-11-6-7-13-35(32)43(37(33)24-28)36-14-8-12-34-38(36)40(45)42(39(34)44)30-19-15-27(16-20-30)26-9-4-3-5-10-26/h3-24H,1H3. The lowest BCUT2D eigenvalue weighted by atomic mass is 9.98. The first-order chi connectivity index (χ1) is 22.0. The summed E-state index contributed by atoms with van der Waals surface area (Å²) in [6.45, 7) is 9.39. The van der Waals surface area contributed by atoms with Gasteiger partial charge in [0, 0.05) is 10.8 Å². The number of aromatic nitrogens is 1. The van der Waals surface area contributed by atoms with Gasteiger partial charge in [-0.2, -0.15) is 0 Å². The Labute approximate surface area is 260 Å². The largest absolute Gasteiger partial charge is 0.308 e. The number of carbonyl (C=O) groups is 2. The first kappa shape index (κ1) is 26.4. The molecule has 7 aromatic rings. The first-order valence-electron chi connectivity index (χ1n) is 14.7. The van der Waals surface area contributed by atoms with Crippen molar-refractivity contribution in [1.82, 2.24) is 4.57 Å². The van der Waals surface area contributed by atoms with Crippen LogP contribution in [-0.4, -0.2) is 16.4 Å². The van der Waals surface area contributed by atoms with Crippen molar-refractivity contribution in [2.75, 3.05) is 4.90 Å². The molecule has 2 amide bonds. The van der Waals surface area contributed by atoms with Crippen molar-refractivity contribution >= 4 is 45.0 Å². The van der Waals surface area contributed by atoms with Gasteiger partial charge in [0.15, 0.2) is 5.69 Å². The van der Waals surface area contributed by atoms with E-state index in [1.807, 2.05) is 110 Å². The lowest BCUT2D eigenvalue weighted by Gasteiger charge is -2.15. The van der Waals surface area contributed by atoms with E-state index in [9.17, 15) is 9.59 Å². The molecule has 0 unspecified atom stereocenters. The van der Waals surface area contributed by atoms with Crippen molar-refractivity contribution in [2.24, 2.45) is 0 Å².